The topological polar surface area (TPSA) is 72.5 Å². The molecule has 0 spiro atoms. The third-order valence-electron chi connectivity index (χ3n) is 1.66. The van der Waals surface area contributed by atoms with E-state index in [1.165, 1.54) is 6.08 Å². The smallest absolute Gasteiger partial charge is 0.323 e. The van der Waals surface area contributed by atoms with Crippen LogP contribution in [0.3, 0.4) is 0 Å². The highest BCUT2D eigenvalue weighted by Crippen LogP contribution is 2.00. The van der Waals surface area contributed by atoms with Crippen molar-refractivity contribution in [3.05, 3.63) is 12.7 Å². The van der Waals surface area contributed by atoms with Gasteiger partial charge in [0.25, 0.3) is 0 Å². The molecule has 1 unspecified atom stereocenters. The van der Waals surface area contributed by atoms with E-state index in [-0.39, 0.29) is 12.5 Å². The van der Waals surface area contributed by atoms with E-state index >= 15 is 0 Å². The maximum atomic E-state index is 11.1. The average Bonchev–Trinajstić information content (AvgIpc) is 2.11. The standard InChI is InChI=1S/C9H17NO3/c1-4-7(11)5-13-9(12)8(10)6(2)3/h4,6-8,11H,1,5,10H2,2-3H3/t7?,8-/m0/s1. The molecule has 4 heteroatoms. The lowest BCUT2D eigenvalue weighted by molar-refractivity contribution is -0.148. The van der Waals surface area contributed by atoms with Crippen LogP contribution in [-0.2, 0) is 9.53 Å². The minimum atomic E-state index is -0.816. The monoisotopic (exact) mass is 187 g/mol. The highest BCUT2D eigenvalue weighted by Gasteiger charge is 2.19. The van der Waals surface area contributed by atoms with Crippen molar-refractivity contribution in [1.82, 2.24) is 0 Å². The van der Waals surface area contributed by atoms with E-state index in [9.17, 15) is 4.79 Å². The second-order valence-corrected chi connectivity index (χ2v) is 3.20. The van der Waals surface area contributed by atoms with Gasteiger partial charge in [-0.05, 0) is 5.92 Å². The van der Waals surface area contributed by atoms with Crippen molar-refractivity contribution in [2.24, 2.45) is 11.7 Å². The maximum absolute atomic E-state index is 11.1. The Bertz CT molecular complexity index is 180. The summed E-state index contributed by atoms with van der Waals surface area (Å²) in [6, 6.07) is -0.628. The van der Waals surface area contributed by atoms with Crippen molar-refractivity contribution in [3.8, 4) is 0 Å². The summed E-state index contributed by atoms with van der Waals surface area (Å²) in [6.07, 6.45) is 0.483. The maximum Gasteiger partial charge on any atom is 0.323 e. The Balaban J connectivity index is 3.80. The van der Waals surface area contributed by atoms with E-state index in [0.717, 1.165) is 0 Å². The first kappa shape index (κ1) is 12.1. The van der Waals surface area contributed by atoms with Crippen LogP contribution in [0, 0.1) is 5.92 Å². The first-order chi connectivity index (χ1) is 5.99. The summed E-state index contributed by atoms with van der Waals surface area (Å²) in [4.78, 5) is 11.1. The van der Waals surface area contributed by atoms with Crippen molar-refractivity contribution in [3.63, 3.8) is 0 Å². The summed E-state index contributed by atoms with van der Waals surface area (Å²) < 4.78 is 4.73. The highest BCUT2D eigenvalue weighted by atomic mass is 16.5. The SMILES string of the molecule is C=CC(O)COC(=O)[C@@H](N)C(C)C. The van der Waals surface area contributed by atoms with Crippen molar-refractivity contribution in [2.45, 2.75) is 26.0 Å². The molecule has 4 nitrogen and oxygen atoms in total. The summed E-state index contributed by atoms with van der Waals surface area (Å²) in [5.41, 5.74) is 5.51. The predicted molar refractivity (Wildman–Crippen MR) is 50.0 cm³/mol. The van der Waals surface area contributed by atoms with Gasteiger partial charge in [-0.3, -0.25) is 4.79 Å². The molecule has 0 aliphatic carbocycles. The Hall–Kier alpha value is -0.870. The number of aliphatic hydroxyl groups excluding tert-OH is 1. The summed E-state index contributed by atoms with van der Waals surface area (Å²) in [6.45, 7) is 6.92. The first-order valence-electron chi connectivity index (χ1n) is 4.21. The Morgan fingerprint density at radius 1 is 1.69 bits per heavy atom. The summed E-state index contributed by atoms with van der Waals surface area (Å²) in [5, 5.41) is 8.99. The second kappa shape index (κ2) is 5.72. The first-order valence-corrected chi connectivity index (χ1v) is 4.21. The van der Waals surface area contributed by atoms with Crippen LogP contribution >= 0.6 is 0 Å². The van der Waals surface area contributed by atoms with Crippen LogP contribution in [-0.4, -0.2) is 29.8 Å². The average molecular weight is 187 g/mol. The van der Waals surface area contributed by atoms with E-state index in [1.807, 2.05) is 13.8 Å². The van der Waals surface area contributed by atoms with Gasteiger partial charge < -0.3 is 15.6 Å². The number of carbonyl (C=O) groups excluding carboxylic acids is 1. The molecular formula is C9H17NO3. The van der Waals surface area contributed by atoms with E-state index in [2.05, 4.69) is 6.58 Å². The molecule has 0 aromatic rings. The fraction of sp³-hybridized carbons (Fsp3) is 0.667. The van der Waals surface area contributed by atoms with Crippen LogP contribution in [0.2, 0.25) is 0 Å². The van der Waals surface area contributed by atoms with Crippen LogP contribution in [0.15, 0.2) is 12.7 Å². The van der Waals surface area contributed by atoms with E-state index in [0.29, 0.717) is 0 Å². The molecule has 0 aliphatic rings. The van der Waals surface area contributed by atoms with Gasteiger partial charge in [0.2, 0.25) is 0 Å². The number of carbonyl (C=O) groups is 1. The van der Waals surface area contributed by atoms with Gasteiger partial charge in [-0.2, -0.15) is 0 Å². The highest BCUT2D eigenvalue weighted by molar-refractivity contribution is 5.75. The van der Waals surface area contributed by atoms with Crippen molar-refractivity contribution in [1.29, 1.82) is 0 Å². The van der Waals surface area contributed by atoms with E-state index in [1.54, 1.807) is 0 Å². The van der Waals surface area contributed by atoms with Crippen LogP contribution in [0.1, 0.15) is 13.8 Å². The van der Waals surface area contributed by atoms with E-state index < -0.39 is 18.1 Å². The Morgan fingerprint density at radius 3 is 2.62 bits per heavy atom. The van der Waals surface area contributed by atoms with Gasteiger partial charge in [-0.1, -0.05) is 19.9 Å². The zero-order chi connectivity index (χ0) is 10.4. The van der Waals surface area contributed by atoms with Crippen LogP contribution in [0.5, 0.6) is 0 Å². The van der Waals surface area contributed by atoms with Crippen molar-refractivity contribution < 1.29 is 14.6 Å². The molecule has 0 aromatic heterocycles. The number of ether oxygens (including phenoxy) is 1. The molecule has 0 aromatic carbocycles. The number of hydrogen-bond acceptors (Lipinski definition) is 4. The fourth-order valence-electron chi connectivity index (χ4n) is 0.604. The van der Waals surface area contributed by atoms with Gasteiger partial charge in [0, 0.05) is 0 Å². The number of esters is 1. The summed E-state index contributed by atoms with van der Waals surface area (Å²) in [5.74, 6) is -0.454. The molecule has 0 radical (unpaired) electrons. The third-order valence-corrected chi connectivity index (χ3v) is 1.66. The minimum Gasteiger partial charge on any atom is -0.461 e. The lowest BCUT2D eigenvalue weighted by atomic mass is 10.1. The molecule has 0 bridgehead atoms. The van der Waals surface area contributed by atoms with Crippen LogP contribution < -0.4 is 5.73 Å². The molecule has 0 fully saturated rings. The number of aliphatic hydroxyl groups is 1. The normalized spacial score (nSPS) is 15.2. The molecule has 0 saturated carbocycles. The fourth-order valence-corrected chi connectivity index (χ4v) is 0.604. The van der Waals surface area contributed by atoms with Crippen LogP contribution in [0.4, 0.5) is 0 Å². The molecule has 0 saturated heterocycles. The molecule has 3 N–H and O–H groups in total. The molecule has 0 amide bonds. The third kappa shape index (κ3) is 4.65. The molecule has 0 heterocycles. The predicted octanol–water partition coefficient (Wildman–Crippen LogP) is 0.0598. The summed E-state index contributed by atoms with van der Waals surface area (Å²) in [7, 11) is 0. The quantitative estimate of drug-likeness (QED) is 0.471. The number of nitrogens with two attached hydrogens (primary N) is 1. The minimum absolute atomic E-state index is 0.0355. The molecule has 76 valence electrons. The second-order valence-electron chi connectivity index (χ2n) is 3.20. The Kier molecular flexibility index (Phi) is 5.34. The van der Waals surface area contributed by atoms with Gasteiger partial charge in [-0.25, -0.2) is 0 Å². The Morgan fingerprint density at radius 2 is 2.23 bits per heavy atom. The number of hydrogen-bond donors (Lipinski definition) is 2. The van der Waals surface area contributed by atoms with Gasteiger partial charge in [0.15, 0.2) is 0 Å². The lowest BCUT2D eigenvalue weighted by Gasteiger charge is -2.15. The molecule has 0 aliphatic heterocycles. The van der Waals surface area contributed by atoms with Gasteiger partial charge in [0.1, 0.15) is 18.8 Å². The zero-order valence-corrected chi connectivity index (χ0v) is 8.06. The van der Waals surface area contributed by atoms with Crippen molar-refractivity contribution >= 4 is 5.97 Å². The molecule has 13 heavy (non-hydrogen) atoms. The van der Waals surface area contributed by atoms with E-state index in [4.69, 9.17) is 15.6 Å². The Labute approximate surface area is 78.4 Å². The van der Waals surface area contributed by atoms with Crippen molar-refractivity contribution in [2.75, 3.05) is 6.61 Å². The molecular weight excluding hydrogens is 170 g/mol. The van der Waals surface area contributed by atoms with Gasteiger partial charge in [-0.15, -0.1) is 6.58 Å². The number of rotatable bonds is 5. The van der Waals surface area contributed by atoms with Gasteiger partial charge >= 0.3 is 5.97 Å². The van der Waals surface area contributed by atoms with Gasteiger partial charge in [0.05, 0.1) is 0 Å². The zero-order valence-electron chi connectivity index (χ0n) is 8.06. The largest absolute Gasteiger partial charge is 0.461 e. The summed E-state index contributed by atoms with van der Waals surface area (Å²) >= 11 is 0. The lowest BCUT2D eigenvalue weighted by Crippen LogP contribution is -2.38. The van der Waals surface area contributed by atoms with Crippen LogP contribution in [0.25, 0.3) is 0 Å². The molecule has 2 atom stereocenters. The molecule has 0 rings (SSSR count).